The van der Waals surface area contributed by atoms with Crippen molar-refractivity contribution in [1.29, 1.82) is 0 Å². The van der Waals surface area contributed by atoms with Crippen LogP contribution in [0.2, 0.25) is 0 Å². The van der Waals surface area contributed by atoms with E-state index < -0.39 is 47.5 Å². The lowest BCUT2D eigenvalue weighted by Crippen LogP contribution is -2.53. The molecule has 31 heavy (non-hydrogen) atoms. The topological polar surface area (TPSA) is 125 Å². The van der Waals surface area contributed by atoms with E-state index in [0.717, 1.165) is 14.2 Å². The summed E-state index contributed by atoms with van der Waals surface area (Å²) < 4.78 is 9.35. The van der Waals surface area contributed by atoms with Gasteiger partial charge in [0.05, 0.1) is 20.1 Å². The largest absolute Gasteiger partial charge is 0.468 e. The molecule has 2 rings (SSSR count). The lowest BCUT2D eigenvalue weighted by Gasteiger charge is -2.28. The Morgan fingerprint density at radius 1 is 0.806 bits per heavy atom. The van der Waals surface area contributed by atoms with Crippen LogP contribution in [0.3, 0.4) is 0 Å². The highest BCUT2D eigenvalue weighted by Gasteiger charge is 2.42. The molecule has 2 aromatic carbocycles. The van der Waals surface area contributed by atoms with Crippen molar-refractivity contribution in [3.63, 3.8) is 0 Å². The highest BCUT2D eigenvalue weighted by atomic mass is 16.5. The average Bonchev–Trinajstić information content (AvgIpc) is 2.78. The summed E-state index contributed by atoms with van der Waals surface area (Å²) in [5.41, 5.74) is 6.94. The van der Waals surface area contributed by atoms with Gasteiger partial charge in [0.15, 0.2) is 5.92 Å². The molecule has 2 aromatic rings. The smallest absolute Gasteiger partial charge is 0.320 e. The molecule has 164 valence electrons. The van der Waals surface area contributed by atoms with Crippen LogP contribution in [0.15, 0.2) is 60.7 Å². The Morgan fingerprint density at radius 2 is 1.23 bits per heavy atom. The van der Waals surface area contributed by atoms with Crippen LogP contribution in [0, 0.1) is 11.8 Å². The van der Waals surface area contributed by atoms with Gasteiger partial charge in [-0.3, -0.25) is 19.2 Å². The first-order valence-electron chi connectivity index (χ1n) is 9.67. The number of hydrogen-bond donors (Lipinski definition) is 2. The number of benzene rings is 2. The van der Waals surface area contributed by atoms with Gasteiger partial charge in [0.2, 0.25) is 11.8 Å². The quantitative estimate of drug-likeness (QED) is 0.461. The molecule has 0 bridgehead atoms. The Bertz CT molecular complexity index is 861. The molecule has 2 amide bonds. The minimum absolute atomic E-state index is 0.499. The summed E-state index contributed by atoms with van der Waals surface area (Å²) in [5, 5.41) is 2.62. The first-order chi connectivity index (χ1) is 14.8. The lowest BCUT2D eigenvalue weighted by atomic mass is 9.85. The van der Waals surface area contributed by atoms with E-state index in [1.165, 1.54) is 6.92 Å². The summed E-state index contributed by atoms with van der Waals surface area (Å²) in [7, 11) is 2.23. The fourth-order valence-electron chi connectivity index (χ4n) is 3.46. The number of amides is 2. The van der Waals surface area contributed by atoms with Crippen molar-refractivity contribution in [1.82, 2.24) is 5.32 Å². The predicted molar refractivity (Wildman–Crippen MR) is 113 cm³/mol. The van der Waals surface area contributed by atoms with Gasteiger partial charge in [0.25, 0.3) is 0 Å². The second-order valence-corrected chi connectivity index (χ2v) is 7.03. The van der Waals surface area contributed by atoms with Gasteiger partial charge < -0.3 is 20.5 Å². The number of primary amides is 1. The van der Waals surface area contributed by atoms with Crippen LogP contribution in [0.25, 0.3) is 0 Å². The van der Waals surface area contributed by atoms with E-state index in [2.05, 4.69) is 14.8 Å². The molecule has 0 saturated heterocycles. The number of carbonyl (C=O) groups is 4. The Kier molecular flexibility index (Phi) is 8.31. The number of esters is 2. The van der Waals surface area contributed by atoms with E-state index in [1.54, 1.807) is 48.5 Å². The van der Waals surface area contributed by atoms with Gasteiger partial charge in [0, 0.05) is 5.92 Å². The number of carbonyl (C=O) groups excluding carboxylic acids is 4. The van der Waals surface area contributed by atoms with Crippen molar-refractivity contribution in [2.75, 3.05) is 14.2 Å². The number of rotatable bonds is 9. The summed E-state index contributed by atoms with van der Waals surface area (Å²) in [6.45, 7) is 1.45. The summed E-state index contributed by atoms with van der Waals surface area (Å²) >= 11 is 0. The number of ether oxygens (including phenoxy) is 2. The van der Waals surface area contributed by atoms with Crippen LogP contribution in [0.5, 0.6) is 0 Å². The van der Waals surface area contributed by atoms with Crippen LogP contribution < -0.4 is 11.1 Å². The van der Waals surface area contributed by atoms with Crippen LogP contribution in [0.4, 0.5) is 0 Å². The molecule has 0 heterocycles. The van der Waals surface area contributed by atoms with Crippen molar-refractivity contribution in [2.24, 2.45) is 17.6 Å². The van der Waals surface area contributed by atoms with Crippen molar-refractivity contribution >= 4 is 23.8 Å². The molecular formula is C23H26N2O6. The molecular weight excluding hydrogens is 400 g/mol. The SMILES string of the molecule is COC(=O)C(C(=O)OC)[C@@H](C)[C@@H](NC(=O)C(c1ccccc1)c1ccccc1)C(N)=O. The Labute approximate surface area is 180 Å². The fourth-order valence-corrected chi connectivity index (χ4v) is 3.46. The fraction of sp³-hybridized carbons (Fsp3) is 0.304. The molecule has 0 aliphatic heterocycles. The first kappa shape index (κ1) is 23.6. The molecule has 8 nitrogen and oxygen atoms in total. The molecule has 2 atom stereocenters. The number of hydrogen-bond acceptors (Lipinski definition) is 6. The van der Waals surface area contributed by atoms with E-state index in [-0.39, 0.29) is 0 Å². The summed E-state index contributed by atoms with van der Waals surface area (Å²) in [4.78, 5) is 49.8. The molecule has 0 aromatic heterocycles. The summed E-state index contributed by atoms with van der Waals surface area (Å²) in [6.07, 6.45) is 0. The zero-order valence-corrected chi connectivity index (χ0v) is 17.6. The molecule has 0 saturated carbocycles. The van der Waals surface area contributed by atoms with Gasteiger partial charge in [-0.1, -0.05) is 67.6 Å². The highest BCUT2D eigenvalue weighted by molar-refractivity contribution is 5.97. The van der Waals surface area contributed by atoms with Gasteiger partial charge >= 0.3 is 11.9 Å². The standard InChI is InChI=1S/C23H26N2O6/c1-14(17(22(28)30-2)23(29)31-3)19(20(24)26)25-21(27)18(15-10-6-4-7-11-15)16-12-8-5-9-13-16/h4-14,17-19H,1-3H3,(H2,24,26)(H,25,27)/t14-,19-/m1/s1. The van der Waals surface area contributed by atoms with Gasteiger partial charge in [-0.15, -0.1) is 0 Å². The lowest BCUT2D eigenvalue weighted by molar-refractivity contribution is -0.162. The summed E-state index contributed by atoms with van der Waals surface area (Å²) in [6, 6.07) is 16.7. The number of nitrogens with one attached hydrogen (secondary N) is 1. The van der Waals surface area contributed by atoms with Crippen LogP contribution in [0.1, 0.15) is 24.0 Å². The molecule has 0 spiro atoms. The van der Waals surface area contributed by atoms with E-state index in [4.69, 9.17) is 5.73 Å². The van der Waals surface area contributed by atoms with Crippen LogP contribution >= 0.6 is 0 Å². The van der Waals surface area contributed by atoms with Crippen LogP contribution in [-0.2, 0) is 28.7 Å². The Balaban J connectivity index is 2.39. The normalized spacial score (nSPS) is 12.7. The molecule has 0 unspecified atom stereocenters. The van der Waals surface area contributed by atoms with E-state index in [1.807, 2.05) is 12.1 Å². The molecule has 0 fully saturated rings. The minimum atomic E-state index is -1.43. The van der Waals surface area contributed by atoms with Gasteiger partial charge in [-0.2, -0.15) is 0 Å². The molecule has 0 radical (unpaired) electrons. The maximum Gasteiger partial charge on any atom is 0.320 e. The van der Waals surface area contributed by atoms with E-state index >= 15 is 0 Å². The molecule has 0 aliphatic rings. The zero-order valence-electron chi connectivity index (χ0n) is 17.6. The van der Waals surface area contributed by atoms with Crippen molar-refractivity contribution in [3.8, 4) is 0 Å². The molecule has 3 N–H and O–H groups in total. The average molecular weight is 426 g/mol. The Morgan fingerprint density at radius 3 is 1.58 bits per heavy atom. The molecule has 0 aliphatic carbocycles. The second kappa shape index (κ2) is 10.9. The monoisotopic (exact) mass is 426 g/mol. The third-order valence-corrected chi connectivity index (χ3v) is 5.09. The van der Waals surface area contributed by atoms with Crippen molar-refractivity contribution < 1.29 is 28.7 Å². The third-order valence-electron chi connectivity index (χ3n) is 5.09. The first-order valence-corrected chi connectivity index (χ1v) is 9.67. The zero-order chi connectivity index (χ0) is 23.0. The van der Waals surface area contributed by atoms with Crippen molar-refractivity contribution in [3.05, 3.63) is 71.8 Å². The van der Waals surface area contributed by atoms with Gasteiger partial charge in [-0.05, 0) is 11.1 Å². The Hall–Kier alpha value is -3.68. The van der Waals surface area contributed by atoms with Crippen molar-refractivity contribution in [2.45, 2.75) is 18.9 Å². The van der Waals surface area contributed by atoms with Gasteiger partial charge in [0.1, 0.15) is 6.04 Å². The van der Waals surface area contributed by atoms with E-state index in [9.17, 15) is 19.2 Å². The van der Waals surface area contributed by atoms with Gasteiger partial charge in [-0.25, -0.2) is 0 Å². The molecule has 8 heteroatoms. The second-order valence-electron chi connectivity index (χ2n) is 7.03. The minimum Gasteiger partial charge on any atom is -0.468 e. The third kappa shape index (κ3) is 5.69. The van der Waals surface area contributed by atoms with E-state index in [0.29, 0.717) is 11.1 Å². The summed E-state index contributed by atoms with van der Waals surface area (Å²) in [5.74, 6) is -6.33. The maximum absolute atomic E-state index is 13.3. The highest BCUT2D eigenvalue weighted by Crippen LogP contribution is 2.26. The number of nitrogens with two attached hydrogens (primary N) is 1. The maximum atomic E-state index is 13.3. The predicted octanol–water partition coefficient (Wildman–Crippen LogP) is 1.39. The van der Waals surface area contributed by atoms with Crippen LogP contribution in [-0.4, -0.2) is 44.0 Å². The number of methoxy groups -OCH3 is 2.